The van der Waals surface area contributed by atoms with Crippen LogP contribution in [0.3, 0.4) is 0 Å². The molecule has 1 aliphatic carbocycles. The van der Waals surface area contributed by atoms with Crippen LogP contribution in [0.1, 0.15) is 12.8 Å². The van der Waals surface area contributed by atoms with E-state index in [4.69, 9.17) is 10.5 Å². The minimum absolute atomic E-state index is 0.00967. The van der Waals surface area contributed by atoms with Crippen LogP contribution < -0.4 is 5.73 Å². The van der Waals surface area contributed by atoms with Gasteiger partial charge in [-0.2, -0.15) is 0 Å². The number of rotatable bonds is 4. The van der Waals surface area contributed by atoms with E-state index in [1.54, 1.807) is 4.90 Å². The number of amides is 2. The Morgan fingerprint density at radius 2 is 1.72 bits per heavy atom. The predicted molar refractivity (Wildman–Crippen MR) is 65.8 cm³/mol. The van der Waals surface area contributed by atoms with Gasteiger partial charge >= 0.3 is 0 Å². The number of piperazine rings is 1. The second-order valence-corrected chi connectivity index (χ2v) is 5.09. The molecule has 2 amide bonds. The maximum absolute atomic E-state index is 12.2. The third-order valence-corrected chi connectivity index (χ3v) is 3.89. The average Bonchev–Trinajstić information content (AvgIpc) is 3.19. The average molecular weight is 255 g/mol. The molecule has 2 fully saturated rings. The lowest BCUT2D eigenvalue weighted by Gasteiger charge is -2.36. The molecule has 0 aromatic heterocycles. The van der Waals surface area contributed by atoms with Crippen molar-refractivity contribution >= 4 is 11.8 Å². The number of carbonyl (C=O) groups excluding carboxylic acids is 2. The molecule has 6 nitrogen and oxygen atoms in total. The topological polar surface area (TPSA) is 75.9 Å². The summed E-state index contributed by atoms with van der Waals surface area (Å²) in [6.45, 7) is 2.95. The SMILES string of the molecule is COCC(=O)N1CCN(C(=O)C2(CN)CC2)CC1. The van der Waals surface area contributed by atoms with Crippen molar-refractivity contribution < 1.29 is 14.3 Å². The van der Waals surface area contributed by atoms with Crippen LogP contribution in [0.25, 0.3) is 0 Å². The Bertz CT molecular complexity index is 333. The van der Waals surface area contributed by atoms with Gasteiger partial charge in [-0.3, -0.25) is 9.59 Å². The van der Waals surface area contributed by atoms with Crippen molar-refractivity contribution in [2.24, 2.45) is 11.1 Å². The van der Waals surface area contributed by atoms with E-state index >= 15 is 0 Å². The summed E-state index contributed by atoms with van der Waals surface area (Å²) in [5.41, 5.74) is 5.38. The first-order chi connectivity index (χ1) is 8.63. The van der Waals surface area contributed by atoms with Crippen molar-refractivity contribution in [1.29, 1.82) is 0 Å². The second-order valence-electron chi connectivity index (χ2n) is 5.09. The zero-order valence-electron chi connectivity index (χ0n) is 10.9. The molecule has 2 rings (SSSR count). The zero-order valence-corrected chi connectivity index (χ0v) is 10.9. The molecule has 1 saturated heterocycles. The largest absolute Gasteiger partial charge is 0.375 e. The third kappa shape index (κ3) is 2.49. The zero-order chi connectivity index (χ0) is 13.2. The molecule has 0 aromatic rings. The molecule has 2 N–H and O–H groups in total. The molecule has 6 heteroatoms. The van der Waals surface area contributed by atoms with Crippen molar-refractivity contribution in [3.05, 3.63) is 0 Å². The third-order valence-electron chi connectivity index (χ3n) is 3.89. The van der Waals surface area contributed by atoms with Crippen LogP contribution in [0.2, 0.25) is 0 Å². The predicted octanol–water partition coefficient (Wildman–Crippen LogP) is -0.957. The highest BCUT2D eigenvalue weighted by Crippen LogP contribution is 2.46. The number of ether oxygens (including phenoxy) is 1. The normalized spacial score (nSPS) is 21.9. The molecule has 0 bridgehead atoms. The Labute approximate surface area is 107 Å². The summed E-state index contributed by atoms with van der Waals surface area (Å²) in [5, 5.41) is 0. The highest BCUT2D eigenvalue weighted by atomic mass is 16.5. The Kier molecular flexibility index (Phi) is 3.87. The van der Waals surface area contributed by atoms with Gasteiger partial charge in [0.05, 0.1) is 5.41 Å². The fourth-order valence-electron chi connectivity index (χ4n) is 2.37. The molecule has 0 spiro atoms. The van der Waals surface area contributed by atoms with E-state index in [2.05, 4.69) is 0 Å². The van der Waals surface area contributed by atoms with Crippen molar-refractivity contribution in [3.8, 4) is 0 Å². The molecule has 0 atom stereocenters. The van der Waals surface area contributed by atoms with Crippen molar-refractivity contribution in [2.45, 2.75) is 12.8 Å². The Balaban J connectivity index is 1.83. The Morgan fingerprint density at radius 1 is 1.17 bits per heavy atom. The molecule has 1 saturated carbocycles. The van der Waals surface area contributed by atoms with Gasteiger partial charge in [0.25, 0.3) is 0 Å². The maximum atomic E-state index is 12.2. The quantitative estimate of drug-likeness (QED) is 0.702. The summed E-state index contributed by atoms with van der Waals surface area (Å²) in [7, 11) is 1.51. The Morgan fingerprint density at radius 3 is 2.17 bits per heavy atom. The summed E-state index contributed by atoms with van der Waals surface area (Å²) >= 11 is 0. The van der Waals surface area contributed by atoms with E-state index in [1.807, 2.05) is 4.90 Å². The maximum Gasteiger partial charge on any atom is 0.248 e. The molecule has 102 valence electrons. The van der Waals surface area contributed by atoms with Crippen LogP contribution in [0.4, 0.5) is 0 Å². The van der Waals surface area contributed by atoms with Gasteiger partial charge in [-0.05, 0) is 12.8 Å². The number of methoxy groups -OCH3 is 1. The molecule has 0 aromatic carbocycles. The molecule has 18 heavy (non-hydrogen) atoms. The van der Waals surface area contributed by atoms with E-state index < -0.39 is 0 Å². The van der Waals surface area contributed by atoms with Crippen molar-refractivity contribution in [3.63, 3.8) is 0 Å². The van der Waals surface area contributed by atoms with Gasteiger partial charge in [0.1, 0.15) is 6.61 Å². The van der Waals surface area contributed by atoms with Crippen LogP contribution >= 0.6 is 0 Å². The monoisotopic (exact) mass is 255 g/mol. The summed E-state index contributed by atoms with van der Waals surface area (Å²) in [5.74, 6) is 0.161. The highest BCUT2D eigenvalue weighted by molar-refractivity contribution is 5.86. The first-order valence-electron chi connectivity index (χ1n) is 6.39. The lowest BCUT2D eigenvalue weighted by molar-refractivity contribution is -0.144. The van der Waals surface area contributed by atoms with Crippen molar-refractivity contribution in [1.82, 2.24) is 9.80 Å². The number of nitrogens with two attached hydrogens (primary N) is 1. The Hall–Kier alpha value is -1.14. The summed E-state index contributed by atoms with van der Waals surface area (Å²) in [6, 6.07) is 0. The summed E-state index contributed by atoms with van der Waals surface area (Å²) in [6.07, 6.45) is 1.82. The lowest BCUT2D eigenvalue weighted by atomic mass is 10.1. The van der Waals surface area contributed by atoms with Gasteiger partial charge in [0, 0.05) is 39.8 Å². The number of carbonyl (C=O) groups is 2. The molecule has 1 aliphatic heterocycles. The van der Waals surface area contributed by atoms with Gasteiger partial charge in [-0.15, -0.1) is 0 Å². The van der Waals surface area contributed by atoms with E-state index in [0.717, 1.165) is 12.8 Å². The van der Waals surface area contributed by atoms with E-state index in [-0.39, 0.29) is 23.8 Å². The van der Waals surface area contributed by atoms with Crippen molar-refractivity contribution in [2.75, 3.05) is 46.4 Å². The summed E-state index contributed by atoms with van der Waals surface area (Å²) in [4.78, 5) is 27.4. The minimum atomic E-state index is -0.279. The molecule has 0 unspecified atom stereocenters. The van der Waals surface area contributed by atoms with E-state index in [9.17, 15) is 9.59 Å². The smallest absolute Gasteiger partial charge is 0.248 e. The van der Waals surface area contributed by atoms with Gasteiger partial charge in [0.15, 0.2) is 0 Å². The van der Waals surface area contributed by atoms with Crippen LogP contribution in [0.15, 0.2) is 0 Å². The number of hydrogen-bond acceptors (Lipinski definition) is 4. The van der Waals surface area contributed by atoms with Gasteiger partial charge in [-0.1, -0.05) is 0 Å². The van der Waals surface area contributed by atoms with Crippen LogP contribution in [-0.2, 0) is 14.3 Å². The second kappa shape index (κ2) is 5.24. The number of nitrogens with zero attached hydrogens (tertiary/aromatic N) is 2. The van der Waals surface area contributed by atoms with Gasteiger partial charge in [-0.25, -0.2) is 0 Å². The fraction of sp³-hybridized carbons (Fsp3) is 0.833. The first kappa shape index (κ1) is 13.3. The number of hydrogen-bond donors (Lipinski definition) is 1. The molecule has 0 radical (unpaired) electrons. The van der Waals surface area contributed by atoms with E-state index in [1.165, 1.54) is 7.11 Å². The first-order valence-corrected chi connectivity index (χ1v) is 6.39. The molecule has 2 aliphatic rings. The minimum Gasteiger partial charge on any atom is -0.375 e. The van der Waals surface area contributed by atoms with Gasteiger partial charge < -0.3 is 20.3 Å². The van der Waals surface area contributed by atoms with Crippen LogP contribution in [0, 0.1) is 5.41 Å². The van der Waals surface area contributed by atoms with E-state index in [0.29, 0.717) is 32.7 Å². The fourth-order valence-corrected chi connectivity index (χ4v) is 2.37. The molecular formula is C12H21N3O3. The van der Waals surface area contributed by atoms with Crippen LogP contribution in [-0.4, -0.2) is 68.1 Å². The van der Waals surface area contributed by atoms with Gasteiger partial charge in [0.2, 0.25) is 11.8 Å². The molecule has 1 heterocycles. The summed E-state index contributed by atoms with van der Waals surface area (Å²) < 4.78 is 4.82. The lowest BCUT2D eigenvalue weighted by Crippen LogP contribution is -2.53. The van der Waals surface area contributed by atoms with Crippen LogP contribution in [0.5, 0.6) is 0 Å². The standard InChI is InChI=1S/C12H21N3O3/c1-18-8-10(16)14-4-6-15(7-5-14)11(17)12(9-13)2-3-12/h2-9,13H2,1H3. The molecular weight excluding hydrogens is 234 g/mol. The highest BCUT2D eigenvalue weighted by Gasteiger charge is 2.50.